The molecule has 2 bridgehead atoms. The van der Waals surface area contributed by atoms with E-state index in [2.05, 4.69) is 42.1 Å². The lowest BCUT2D eigenvalue weighted by Crippen LogP contribution is -2.61. The van der Waals surface area contributed by atoms with Crippen LogP contribution in [0.25, 0.3) is 0 Å². The Hall–Kier alpha value is -4.31. The first kappa shape index (κ1) is 26.9. The van der Waals surface area contributed by atoms with Gasteiger partial charge in [-0.1, -0.05) is 20.8 Å². The Bertz CT molecular complexity index is 1480. The highest BCUT2D eigenvalue weighted by Crippen LogP contribution is 2.62. The van der Waals surface area contributed by atoms with Crippen LogP contribution in [0.1, 0.15) is 60.7 Å². The molecule has 4 aliphatic rings. The average Bonchev–Trinajstić information content (AvgIpc) is 3.23. The molecule has 3 aliphatic carbocycles. The second kappa shape index (κ2) is 10.3. The van der Waals surface area contributed by atoms with Gasteiger partial charge in [0, 0.05) is 55.3 Å². The van der Waals surface area contributed by atoms with E-state index in [0.717, 1.165) is 17.5 Å². The highest BCUT2D eigenvalue weighted by molar-refractivity contribution is 6.06. The van der Waals surface area contributed by atoms with Crippen LogP contribution < -0.4 is 5.32 Å². The van der Waals surface area contributed by atoms with E-state index < -0.39 is 5.54 Å². The first-order chi connectivity index (χ1) is 19.7. The van der Waals surface area contributed by atoms with Crippen molar-refractivity contribution < 1.29 is 9.59 Å². The van der Waals surface area contributed by atoms with E-state index in [-0.39, 0.29) is 23.1 Å². The number of carbonyl (C=O) groups excluding carboxylic acids is 2. The number of aromatic nitrogens is 2. The first-order valence-electron chi connectivity index (χ1n) is 14.4. The van der Waals surface area contributed by atoms with E-state index in [1.807, 2.05) is 29.2 Å². The quantitative estimate of drug-likeness (QED) is 0.328. The summed E-state index contributed by atoms with van der Waals surface area (Å²) < 4.78 is 0. The molecule has 3 saturated carbocycles. The Kier molecular flexibility index (Phi) is 6.73. The minimum absolute atomic E-state index is 0.000888. The summed E-state index contributed by atoms with van der Waals surface area (Å²) in [6.07, 6.45) is 11.6. The molecule has 208 valence electrons. The molecule has 0 spiro atoms. The normalized spacial score (nSPS) is 26.6. The monoisotopic (exact) mass is 545 g/mol. The number of hydrogen-bond acceptors (Lipinski definition) is 6. The van der Waals surface area contributed by atoms with Gasteiger partial charge < -0.3 is 5.32 Å². The van der Waals surface area contributed by atoms with Crippen LogP contribution >= 0.6 is 0 Å². The van der Waals surface area contributed by atoms with Gasteiger partial charge in [-0.2, -0.15) is 5.26 Å². The average molecular weight is 546 g/mol. The van der Waals surface area contributed by atoms with Gasteiger partial charge in [0.05, 0.1) is 11.6 Å². The minimum atomic E-state index is -0.976. The fourth-order valence-electron chi connectivity index (χ4n) is 7.51. The van der Waals surface area contributed by atoms with E-state index in [1.165, 1.54) is 6.42 Å². The zero-order valence-electron chi connectivity index (χ0n) is 23.7. The van der Waals surface area contributed by atoms with Crippen LogP contribution in [0.4, 0.5) is 0 Å². The lowest BCUT2D eigenvalue weighted by molar-refractivity contribution is -0.153. The Morgan fingerprint density at radius 2 is 1.59 bits per heavy atom. The molecule has 4 unspecified atom stereocenters. The van der Waals surface area contributed by atoms with Crippen LogP contribution in [0.15, 0.2) is 85.2 Å². The zero-order chi connectivity index (χ0) is 28.8. The van der Waals surface area contributed by atoms with E-state index in [4.69, 9.17) is 0 Å². The molecule has 1 N–H and O–H groups in total. The summed E-state index contributed by atoms with van der Waals surface area (Å²) in [6, 6.07) is 16.5. The Labute approximate surface area is 241 Å². The summed E-state index contributed by atoms with van der Waals surface area (Å²) in [4.78, 5) is 38.6. The van der Waals surface area contributed by atoms with Crippen molar-refractivity contribution in [3.63, 3.8) is 0 Å². The van der Waals surface area contributed by atoms with Crippen LogP contribution in [0.3, 0.4) is 0 Å². The maximum atomic E-state index is 14.8. The van der Waals surface area contributed by atoms with E-state index in [9.17, 15) is 14.9 Å². The number of benzene rings is 1. The van der Waals surface area contributed by atoms with Crippen molar-refractivity contribution in [1.82, 2.24) is 20.2 Å². The third-order valence-corrected chi connectivity index (χ3v) is 9.98. The van der Waals surface area contributed by atoms with Gasteiger partial charge in [-0.15, -0.1) is 0 Å². The van der Waals surface area contributed by atoms with Crippen LogP contribution in [0.5, 0.6) is 0 Å². The van der Waals surface area contributed by atoms with Crippen molar-refractivity contribution in [3.8, 4) is 6.07 Å². The number of nitrogens with one attached hydrogen (secondary N) is 1. The molecule has 3 aromatic rings. The Morgan fingerprint density at radius 1 is 1.00 bits per heavy atom. The number of hydrogen-bond donors (Lipinski definition) is 1. The number of ketones is 1. The molecule has 1 amide bonds. The summed E-state index contributed by atoms with van der Waals surface area (Å²) in [6.45, 7) is 6.97. The molecule has 3 heterocycles. The predicted molar refractivity (Wildman–Crippen MR) is 155 cm³/mol. The topological polar surface area (TPSA) is 99.0 Å². The maximum Gasteiger partial charge on any atom is 0.254 e. The van der Waals surface area contributed by atoms with Gasteiger partial charge in [0.15, 0.2) is 5.78 Å². The van der Waals surface area contributed by atoms with E-state index in [1.54, 1.807) is 55.1 Å². The van der Waals surface area contributed by atoms with Crippen molar-refractivity contribution in [2.24, 2.45) is 23.2 Å². The molecule has 7 nitrogen and oxygen atoms in total. The van der Waals surface area contributed by atoms with Crippen LogP contribution in [-0.2, 0) is 17.6 Å². The third kappa shape index (κ3) is 4.72. The van der Waals surface area contributed by atoms with Gasteiger partial charge in [-0.3, -0.25) is 24.5 Å². The Morgan fingerprint density at radius 3 is 2.10 bits per heavy atom. The van der Waals surface area contributed by atoms with Crippen molar-refractivity contribution in [2.75, 3.05) is 0 Å². The van der Waals surface area contributed by atoms with Crippen molar-refractivity contribution >= 4 is 11.7 Å². The number of allylic oxidation sites excluding steroid dienone is 1. The number of fused-ring (bicyclic) bond motifs is 2. The summed E-state index contributed by atoms with van der Waals surface area (Å²) in [5.74, 6) is 1.74. The highest BCUT2D eigenvalue weighted by Gasteiger charge is 2.61. The standard InChI is InChI=1S/C34H35N5O2/c1-22-28-16-27(33(28,2)3)17-29(22)39-31(18-30(40)26-6-4-25(21-35)5-7-26)38-34(32(39)41,19-23-8-12-36-13-9-23)20-24-10-14-37-15-11-24/h4-15,18,22,27-29,38H,16-17,19-20H2,1-3H3. The molecule has 7 rings (SSSR count). The Balaban J connectivity index is 1.43. The van der Waals surface area contributed by atoms with Crippen molar-refractivity contribution in [3.05, 3.63) is 107 Å². The van der Waals surface area contributed by atoms with Gasteiger partial charge in [0.2, 0.25) is 0 Å². The number of nitrogens with zero attached hydrogens (tertiary/aromatic N) is 4. The molecule has 1 saturated heterocycles. The van der Waals surface area contributed by atoms with Gasteiger partial charge >= 0.3 is 0 Å². The number of rotatable bonds is 7. The first-order valence-corrected chi connectivity index (χ1v) is 14.4. The van der Waals surface area contributed by atoms with E-state index >= 15 is 0 Å². The molecule has 4 fully saturated rings. The second-order valence-corrected chi connectivity index (χ2v) is 12.6. The second-order valence-electron chi connectivity index (χ2n) is 12.6. The lowest BCUT2D eigenvalue weighted by atomic mass is 9.44. The summed E-state index contributed by atoms with van der Waals surface area (Å²) in [7, 11) is 0. The molecule has 7 heteroatoms. The van der Waals surface area contributed by atoms with Gasteiger partial charge in [0.1, 0.15) is 11.4 Å². The largest absolute Gasteiger partial charge is 0.357 e. The molecule has 2 aromatic heterocycles. The summed E-state index contributed by atoms with van der Waals surface area (Å²) in [5.41, 5.74) is 2.25. The van der Waals surface area contributed by atoms with Crippen LogP contribution in [0, 0.1) is 34.5 Å². The van der Waals surface area contributed by atoms with Crippen molar-refractivity contribution in [1.29, 1.82) is 5.26 Å². The number of pyridine rings is 2. The maximum absolute atomic E-state index is 14.8. The molecular formula is C34H35N5O2. The molecule has 0 radical (unpaired) electrons. The molecule has 1 aliphatic heterocycles. The van der Waals surface area contributed by atoms with Gasteiger partial charge in [-0.05, 0) is 95.7 Å². The van der Waals surface area contributed by atoms with Crippen molar-refractivity contribution in [2.45, 2.75) is 58.0 Å². The van der Waals surface area contributed by atoms with Gasteiger partial charge in [0.25, 0.3) is 5.91 Å². The predicted octanol–water partition coefficient (Wildman–Crippen LogP) is 5.10. The van der Waals surface area contributed by atoms with Crippen LogP contribution in [-0.4, -0.2) is 38.1 Å². The number of carbonyl (C=O) groups is 2. The smallest absolute Gasteiger partial charge is 0.254 e. The summed E-state index contributed by atoms with van der Waals surface area (Å²) >= 11 is 0. The molecule has 41 heavy (non-hydrogen) atoms. The third-order valence-electron chi connectivity index (χ3n) is 9.98. The molecular weight excluding hydrogens is 510 g/mol. The fraction of sp³-hybridized carbons (Fsp3) is 0.382. The highest BCUT2D eigenvalue weighted by atomic mass is 16.2. The minimum Gasteiger partial charge on any atom is -0.357 e. The zero-order valence-corrected chi connectivity index (χ0v) is 23.7. The number of nitriles is 1. The molecule has 4 atom stereocenters. The summed E-state index contributed by atoms with van der Waals surface area (Å²) in [5, 5.41) is 12.8. The van der Waals surface area contributed by atoms with Gasteiger partial charge in [-0.25, -0.2) is 0 Å². The molecule has 1 aromatic carbocycles. The SMILES string of the molecule is CC1C(N2C(=O)C(Cc3ccncc3)(Cc3ccncc3)NC2=CC(=O)c2ccc(C#N)cc2)CC2CC1C2(C)C. The fourth-order valence-corrected chi connectivity index (χ4v) is 7.51. The van der Waals surface area contributed by atoms with E-state index in [0.29, 0.717) is 47.5 Å². The number of amides is 1. The van der Waals surface area contributed by atoms with Crippen LogP contribution in [0.2, 0.25) is 0 Å². The lowest BCUT2D eigenvalue weighted by Gasteiger charge is -2.63.